The molecule has 0 heterocycles. The first-order valence-corrected chi connectivity index (χ1v) is 8.27. The lowest BCUT2D eigenvalue weighted by Gasteiger charge is -2.07. The molecule has 0 atom stereocenters. The van der Waals surface area contributed by atoms with Crippen molar-refractivity contribution >= 4 is 5.97 Å². The first-order chi connectivity index (χ1) is 10.8. The second-order valence-corrected chi connectivity index (χ2v) is 4.82. The highest BCUT2D eigenvalue weighted by atomic mass is 16.6. The van der Waals surface area contributed by atoms with Crippen molar-refractivity contribution in [3.8, 4) is 0 Å². The van der Waals surface area contributed by atoms with Gasteiger partial charge in [0.05, 0.1) is 33.0 Å². The molecule has 0 rings (SSSR count). The summed E-state index contributed by atoms with van der Waals surface area (Å²) >= 11 is 0. The summed E-state index contributed by atoms with van der Waals surface area (Å²) in [6.45, 7) is 8.33. The first-order valence-electron chi connectivity index (χ1n) is 8.27. The third-order valence-corrected chi connectivity index (χ3v) is 2.74. The lowest BCUT2D eigenvalue weighted by Crippen LogP contribution is -2.18. The molecule has 0 aromatic heterocycles. The molecule has 0 unspecified atom stereocenters. The van der Waals surface area contributed by atoms with Crippen LogP contribution >= 0.6 is 0 Å². The second-order valence-electron chi connectivity index (χ2n) is 4.82. The van der Waals surface area contributed by atoms with E-state index in [1.807, 2.05) is 0 Å². The molecule has 132 valence electrons. The van der Waals surface area contributed by atoms with Crippen LogP contribution in [0, 0.1) is 0 Å². The summed E-state index contributed by atoms with van der Waals surface area (Å²) in [5.41, 5.74) is 0. The number of rotatable bonds is 17. The van der Waals surface area contributed by atoms with E-state index in [2.05, 4.69) is 13.8 Å². The molecule has 6 heteroatoms. The SMILES string of the molecule is CCCCOCCOCCOC(=O)COCCOCCCC. The van der Waals surface area contributed by atoms with Crippen LogP contribution in [0.4, 0.5) is 0 Å². The molecule has 0 bridgehead atoms. The topological polar surface area (TPSA) is 63.2 Å². The Hall–Kier alpha value is -0.690. The zero-order valence-corrected chi connectivity index (χ0v) is 14.1. The normalized spacial score (nSPS) is 10.8. The molecule has 0 aromatic rings. The van der Waals surface area contributed by atoms with Crippen LogP contribution in [0.3, 0.4) is 0 Å². The van der Waals surface area contributed by atoms with E-state index in [0.29, 0.717) is 33.0 Å². The van der Waals surface area contributed by atoms with Gasteiger partial charge in [-0.15, -0.1) is 0 Å². The number of hydrogen-bond donors (Lipinski definition) is 0. The van der Waals surface area contributed by atoms with Crippen molar-refractivity contribution in [3.05, 3.63) is 0 Å². The van der Waals surface area contributed by atoms with Crippen LogP contribution in [0.5, 0.6) is 0 Å². The van der Waals surface area contributed by atoms with Crippen molar-refractivity contribution in [2.75, 3.05) is 59.5 Å². The van der Waals surface area contributed by atoms with Gasteiger partial charge in [-0.05, 0) is 12.8 Å². The van der Waals surface area contributed by atoms with Crippen molar-refractivity contribution in [3.63, 3.8) is 0 Å². The number of hydrogen-bond acceptors (Lipinski definition) is 6. The molecular formula is C16H32O6. The molecule has 0 N–H and O–H groups in total. The maximum absolute atomic E-state index is 11.3. The number of unbranched alkanes of at least 4 members (excludes halogenated alkanes) is 2. The largest absolute Gasteiger partial charge is 0.462 e. The monoisotopic (exact) mass is 320 g/mol. The minimum atomic E-state index is -0.378. The molecule has 0 fully saturated rings. The summed E-state index contributed by atoms with van der Waals surface area (Å²) in [6, 6.07) is 0. The summed E-state index contributed by atoms with van der Waals surface area (Å²) in [5.74, 6) is -0.378. The Morgan fingerprint density at radius 1 is 0.636 bits per heavy atom. The molecule has 0 aliphatic rings. The molecule has 0 saturated heterocycles. The zero-order valence-electron chi connectivity index (χ0n) is 14.1. The quantitative estimate of drug-likeness (QED) is 0.302. The van der Waals surface area contributed by atoms with Crippen LogP contribution in [-0.2, 0) is 28.5 Å². The van der Waals surface area contributed by atoms with E-state index in [-0.39, 0.29) is 19.2 Å². The summed E-state index contributed by atoms with van der Waals surface area (Å²) in [4.78, 5) is 11.3. The van der Waals surface area contributed by atoms with Crippen LogP contribution < -0.4 is 0 Å². The van der Waals surface area contributed by atoms with Crippen molar-refractivity contribution < 1.29 is 28.5 Å². The standard InChI is InChI=1S/C16H32O6/c1-3-5-7-18-9-10-20-13-14-22-16(17)15-21-12-11-19-8-6-4-2/h3-15H2,1-2H3. The van der Waals surface area contributed by atoms with Gasteiger partial charge >= 0.3 is 5.97 Å². The summed E-state index contributed by atoms with van der Waals surface area (Å²) in [6.07, 6.45) is 4.36. The Morgan fingerprint density at radius 2 is 1.09 bits per heavy atom. The maximum atomic E-state index is 11.3. The highest BCUT2D eigenvalue weighted by molar-refractivity contribution is 5.70. The fraction of sp³-hybridized carbons (Fsp3) is 0.938. The van der Waals surface area contributed by atoms with Gasteiger partial charge < -0.3 is 23.7 Å². The Balaban J connectivity index is 3.13. The van der Waals surface area contributed by atoms with Crippen LogP contribution in [-0.4, -0.2) is 65.4 Å². The molecule has 0 aliphatic carbocycles. The van der Waals surface area contributed by atoms with E-state index >= 15 is 0 Å². The molecule has 22 heavy (non-hydrogen) atoms. The summed E-state index contributed by atoms with van der Waals surface area (Å²) < 4.78 is 26.0. The van der Waals surface area contributed by atoms with Gasteiger partial charge in [0.1, 0.15) is 13.2 Å². The molecule has 0 radical (unpaired) electrons. The van der Waals surface area contributed by atoms with E-state index in [1.165, 1.54) is 0 Å². The first kappa shape index (κ1) is 21.3. The van der Waals surface area contributed by atoms with Gasteiger partial charge in [0.2, 0.25) is 0 Å². The van der Waals surface area contributed by atoms with Gasteiger partial charge in [0, 0.05) is 13.2 Å². The number of carbonyl (C=O) groups excluding carboxylic acids is 1. The lowest BCUT2D eigenvalue weighted by atomic mass is 10.4. The summed E-state index contributed by atoms with van der Waals surface area (Å²) in [5, 5.41) is 0. The fourth-order valence-electron chi connectivity index (χ4n) is 1.45. The summed E-state index contributed by atoms with van der Waals surface area (Å²) in [7, 11) is 0. The van der Waals surface area contributed by atoms with Crippen molar-refractivity contribution in [1.82, 2.24) is 0 Å². The van der Waals surface area contributed by atoms with Gasteiger partial charge in [0.25, 0.3) is 0 Å². The third kappa shape index (κ3) is 17.4. The molecule has 0 spiro atoms. The van der Waals surface area contributed by atoms with E-state index in [4.69, 9.17) is 23.7 Å². The van der Waals surface area contributed by atoms with E-state index in [9.17, 15) is 4.79 Å². The fourth-order valence-corrected chi connectivity index (χ4v) is 1.45. The molecule has 6 nitrogen and oxygen atoms in total. The molecule has 0 aromatic carbocycles. The Bertz CT molecular complexity index is 235. The van der Waals surface area contributed by atoms with Gasteiger partial charge in [-0.3, -0.25) is 0 Å². The molecule has 0 amide bonds. The van der Waals surface area contributed by atoms with E-state index in [0.717, 1.165) is 38.9 Å². The van der Waals surface area contributed by atoms with Crippen LogP contribution in [0.15, 0.2) is 0 Å². The Kier molecular flexibility index (Phi) is 17.8. The van der Waals surface area contributed by atoms with Crippen molar-refractivity contribution in [1.29, 1.82) is 0 Å². The Morgan fingerprint density at radius 3 is 1.64 bits per heavy atom. The van der Waals surface area contributed by atoms with Gasteiger partial charge in [-0.2, -0.15) is 0 Å². The highest BCUT2D eigenvalue weighted by Gasteiger charge is 2.02. The number of esters is 1. The predicted octanol–water partition coefficient (Wildman–Crippen LogP) is 2.20. The maximum Gasteiger partial charge on any atom is 0.332 e. The van der Waals surface area contributed by atoms with Crippen LogP contribution in [0.2, 0.25) is 0 Å². The van der Waals surface area contributed by atoms with Gasteiger partial charge in [0.15, 0.2) is 0 Å². The van der Waals surface area contributed by atoms with Crippen molar-refractivity contribution in [2.24, 2.45) is 0 Å². The average Bonchev–Trinajstić information content (AvgIpc) is 2.52. The minimum absolute atomic E-state index is 0.0444. The zero-order chi connectivity index (χ0) is 16.3. The highest BCUT2D eigenvalue weighted by Crippen LogP contribution is 1.90. The predicted molar refractivity (Wildman–Crippen MR) is 84.1 cm³/mol. The van der Waals surface area contributed by atoms with E-state index in [1.54, 1.807) is 0 Å². The number of carbonyl (C=O) groups is 1. The van der Waals surface area contributed by atoms with Crippen molar-refractivity contribution in [2.45, 2.75) is 39.5 Å². The lowest BCUT2D eigenvalue weighted by molar-refractivity contribution is -0.151. The third-order valence-electron chi connectivity index (χ3n) is 2.74. The van der Waals surface area contributed by atoms with Gasteiger partial charge in [-0.1, -0.05) is 26.7 Å². The Labute approximate surface area is 134 Å². The van der Waals surface area contributed by atoms with Crippen LogP contribution in [0.1, 0.15) is 39.5 Å². The molecule has 0 aliphatic heterocycles. The van der Waals surface area contributed by atoms with E-state index < -0.39 is 0 Å². The minimum Gasteiger partial charge on any atom is -0.462 e. The second kappa shape index (κ2) is 18.4. The molecular weight excluding hydrogens is 288 g/mol. The average molecular weight is 320 g/mol. The molecule has 0 saturated carbocycles. The smallest absolute Gasteiger partial charge is 0.332 e. The van der Waals surface area contributed by atoms with Gasteiger partial charge in [-0.25, -0.2) is 4.79 Å². The van der Waals surface area contributed by atoms with Crippen LogP contribution in [0.25, 0.3) is 0 Å². The number of ether oxygens (including phenoxy) is 5.